The van der Waals surface area contributed by atoms with Crippen LogP contribution in [0.4, 0.5) is 0 Å². The molecular weight excluding hydrogens is 385 g/mol. The highest BCUT2D eigenvalue weighted by atomic mass is 32.2. The van der Waals surface area contributed by atoms with Gasteiger partial charge >= 0.3 is 13.1 Å². The minimum absolute atomic E-state index is 0.0155. The number of carboxylic acids is 1. The van der Waals surface area contributed by atoms with Crippen LogP contribution in [0.2, 0.25) is 6.32 Å². The molecule has 0 radical (unpaired) electrons. The van der Waals surface area contributed by atoms with E-state index in [2.05, 4.69) is 13.8 Å². The maximum absolute atomic E-state index is 13.2. The van der Waals surface area contributed by atoms with Crippen molar-refractivity contribution in [1.82, 2.24) is 8.61 Å². The van der Waals surface area contributed by atoms with Crippen LogP contribution in [0.1, 0.15) is 47.0 Å². The summed E-state index contributed by atoms with van der Waals surface area (Å²) in [4.78, 5) is 11.8. The Balaban J connectivity index is 3.01. The summed E-state index contributed by atoms with van der Waals surface area (Å²) >= 11 is 0. The third kappa shape index (κ3) is 5.90. The maximum atomic E-state index is 13.2. The van der Waals surface area contributed by atoms with E-state index in [0.717, 1.165) is 6.42 Å². The third-order valence-corrected chi connectivity index (χ3v) is 7.90. The summed E-state index contributed by atoms with van der Waals surface area (Å²) in [5.74, 6) is -1.29. The molecule has 1 aliphatic rings. The number of hydrogen-bond acceptors (Lipinski definition) is 6. The van der Waals surface area contributed by atoms with Gasteiger partial charge < -0.3 is 20.9 Å². The first-order valence-corrected chi connectivity index (χ1v) is 11.4. The molecule has 1 fully saturated rings. The van der Waals surface area contributed by atoms with Crippen LogP contribution in [0.5, 0.6) is 0 Å². The molecule has 164 valence electrons. The first-order chi connectivity index (χ1) is 12.9. The lowest BCUT2D eigenvalue weighted by Gasteiger charge is -2.31. The molecule has 3 atom stereocenters. The quantitative estimate of drug-likeness (QED) is 0.330. The Kier molecular flexibility index (Phi) is 9.36. The molecule has 0 spiro atoms. The van der Waals surface area contributed by atoms with E-state index in [-0.39, 0.29) is 25.3 Å². The number of carbonyl (C=O) groups is 1. The largest absolute Gasteiger partial charge is 0.480 e. The summed E-state index contributed by atoms with van der Waals surface area (Å²) in [6.45, 7) is 8.34. The Morgan fingerprint density at radius 3 is 2.39 bits per heavy atom. The van der Waals surface area contributed by atoms with Gasteiger partial charge in [0.05, 0.1) is 0 Å². The SMILES string of the molecule is CC[C@H](CN(CC)S(=O)(=O)N1C[C@H](CCCB(O)O)[C@](N)(C(=O)O)C1)C(C)C. The van der Waals surface area contributed by atoms with Crippen molar-refractivity contribution >= 4 is 23.3 Å². The molecule has 0 bridgehead atoms. The number of nitrogens with zero attached hydrogens (tertiary/aromatic N) is 2. The van der Waals surface area contributed by atoms with Crippen LogP contribution in [0.25, 0.3) is 0 Å². The van der Waals surface area contributed by atoms with Gasteiger partial charge in [-0.2, -0.15) is 17.0 Å². The average Bonchev–Trinajstić information content (AvgIpc) is 2.94. The fourth-order valence-corrected chi connectivity index (χ4v) is 5.61. The van der Waals surface area contributed by atoms with Crippen molar-refractivity contribution in [2.45, 2.75) is 58.8 Å². The van der Waals surface area contributed by atoms with Gasteiger partial charge in [-0.3, -0.25) is 4.79 Å². The number of aliphatic carboxylic acids is 1. The summed E-state index contributed by atoms with van der Waals surface area (Å²) in [7, 11) is -5.32. The third-order valence-electron chi connectivity index (χ3n) is 5.91. The van der Waals surface area contributed by atoms with Gasteiger partial charge in [-0.1, -0.05) is 40.5 Å². The van der Waals surface area contributed by atoms with Crippen LogP contribution in [-0.2, 0) is 15.0 Å². The summed E-state index contributed by atoms with van der Waals surface area (Å²) in [6.07, 6.45) is 1.60. The summed E-state index contributed by atoms with van der Waals surface area (Å²) in [6, 6.07) is 0. The van der Waals surface area contributed by atoms with Crippen molar-refractivity contribution in [3.8, 4) is 0 Å². The lowest BCUT2D eigenvalue weighted by molar-refractivity contribution is -0.144. The monoisotopic (exact) mass is 421 g/mol. The normalized spacial score (nSPS) is 24.8. The Hall–Kier alpha value is -0.715. The zero-order valence-corrected chi connectivity index (χ0v) is 18.2. The number of hydrogen-bond donors (Lipinski definition) is 4. The predicted molar refractivity (Wildman–Crippen MR) is 109 cm³/mol. The van der Waals surface area contributed by atoms with Crippen molar-refractivity contribution in [2.24, 2.45) is 23.5 Å². The molecule has 1 saturated heterocycles. The molecule has 1 heterocycles. The first-order valence-electron chi connectivity index (χ1n) is 10.0. The molecule has 11 heteroatoms. The lowest BCUT2D eigenvalue weighted by atomic mass is 9.78. The van der Waals surface area contributed by atoms with Gasteiger partial charge in [0.1, 0.15) is 5.54 Å². The molecule has 0 aromatic rings. The van der Waals surface area contributed by atoms with E-state index in [0.29, 0.717) is 31.8 Å². The molecule has 1 aliphatic heterocycles. The van der Waals surface area contributed by atoms with Crippen molar-refractivity contribution in [3.63, 3.8) is 0 Å². The molecule has 1 rings (SSSR count). The molecule has 0 aromatic heterocycles. The molecule has 0 aromatic carbocycles. The van der Waals surface area contributed by atoms with Gasteiger partial charge in [-0.15, -0.1) is 0 Å². The molecule has 0 unspecified atom stereocenters. The Morgan fingerprint density at radius 1 is 1.36 bits per heavy atom. The summed E-state index contributed by atoms with van der Waals surface area (Å²) in [5.41, 5.74) is 4.43. The molecule has 9 nitrogen and oxygen atoms in total. The van der Waals surface area contributed by atoms with E-state index in [1.807, 2.05) is 6.92 Å². The van der Waals surface area contributed by atoms with Crippen LogP contribution in [0, 0.1) is 17.8 Å². The fraction of sp³-hybridized carbons (Fsp3) is 0.941. The van der Waals surface area contributed by atoms with Crippen molar-refractivity contribution in [3.05, 3.63) is 0 Å². The lowest BCUT2D eigenvalue weighted by Crippen LogP contribution is -2.55. The number of carboxylic acid groups (broad SMARTS) is 1. The van der Waals surface area contributed by atoms with Crippen LogP contribution >= 0.6 is 0 Å². The molecule has 0 saturated carbocycles. The summed E-state index contributed by atoms with van der Waals surface area (Å²) < 4.78 is 29.0. The molecule has 0 aliphatic carbocycles. The highest BCUT2D eigenvalue weighted by Crippen LogP contribution is 2.33. The minimum atomic E-state index is -3.84. The van der Waals surface area contributed by atoms with Gasteiger partial charge in [0.2, 0.25) is 0 Å². The van der Waals surface area contributed by atoms with E-state index in [1.165, 1.54) is 8.61 Å². The summed E-state index contributed by atoms with van der Waals surface area (Å²) in [5, 5.41) is 27.6. The van der Waals surface area contributed by atoms with Gasteiger partial charge in [-0.05, 0) is 24.6 Å². The van der Waals surface area contributed by atoms with E-state index < -0.39 is 34.8 Å². The topological polar surface area (TPSA) is 144 Å². The minimum Gasteiger partial charge on any atom is -0.480 e. The van der Waals surface area contributed by atoms with Gasteiger partial charge in [0.25, 0.3) is 10.2 Å². The molecular formula is C17H36BN3O6S. The van der Waals surface area contributed by atoms with Crippen LogP contribution in [-0.4, -0.2) is 77.0 Å². The standard InChI is InChI=1S/C17H36BN3O6S/c1-5-14(13(3)4)10-20(6-2)28(26,27)21-11-15(8-7-9-18(24)25)17(19,12-21)16(22)23/h13-15,24-25H,5-12,19H2,1-4H3,(H,22,23)/t14-,15+,17+/m1/s1. The zero-order valence-electron chi connectivity index (χ0n) is 17.4. The predicted octanol–water partition coefficient (Wildman–Crippen LogP) is 0.202. The average molecular weight is 421 g/mol. The van der Waals surface area contributed by atoms with E-state index in [4.69, 9.17) is 15.8 Å². The number of rotatable bonds is 12. The van der Waals surface area contributed by atoms with E-state index in [1.54, 1.807) is 6.92 Å². The van der Waals surface area contributed by atoms with Crippen molar-refractivity contribution in [1.29, 1.82) is 0 Å². The number of nitrogens with two attached hydrogens (primary N) is 1. The van der Waals surface area contributed by atoms with Gasteiger partial charge in [0.15, 0.2) is 0 Å². The highest BCUT2D eigenvalue weighted by molar-refractivity contribution is 7.86. The highest BCUT2D eigenvalue weighted by Gasteiger charge is 2.53. The zero-order chi connectivity index (χ0) is 21.7. The second-order valence-corrected chi connectivity index (χ2v) is 10.0. The second-order valence-electron chi connectivity index (χ2n) is 8.12. The second kappa shape index (κ2) is 10.4. The first kappa shape index (κ1) is 25.3. The molecule has 28 heavy (non-hydrogen) atoms. The smallest absolute Gasteiger partial charge is 0.451 e. The molecule has 0 amide bonds. The Morgan fingerprint density at radius 2 is 1.96 bits per heavy atom. The van der Waals surface area contributed by atoms with Gasteiger partial charge in [-0.25, -0.2) is 0 Å². The van der Waals surface area contributed by atoms with Crippen LogP contribution in [0.3, 0.4) is 0 Å². The van der Waals surface area contributed by atoms with E-state index >= 15 is 0 Å². The van der Waals surface area contributed by atoms with Crippen molar-refractivity contribution in [2.75, 3.05) is 26.2 Å². The van der Waals surface area contributed by atoms with Gasteiger partial charge in [0, 0.05) is 32.1 Å². The van der Waals surface area contributed by atoms with Crippen molar-refractivity contribution < 1.29 is 28.4 Å². The fourth-order valence-electron chi connectivity index (χ4n) is 3.83. The van der Waals surface area contributed by atoms with Crippen LogP contribution < -0.4 is 5.73 Å². The van der Waals surface area contributed by atoms with E-state index in [9.17, 15) is 18.3 Å². The van der Waals surface area contributed by atoms with Crippen LogP contribution in [0.15, 0.2) is 0 Å². The Bertz CT molecular complexity index is 618. The Labute approximate surface area is 169 Å². The molecule has 5 N–H and O–H groups in total. The maximum Gasteiger partial charge on any atom is 0.451 e.